The van der Waals surface area contributed by atoms with Crippen LogP contribution < -0.4 is 4.90 Å². The Bertz CT molecular complexity index is 830. The zero-order valence-corrected chi connectivity index (χ0v) is 19.4. The van der Waals surface area contributed by atoms with Gasteiger partial charge in [0.15, 0.2) is 0 Å². The second-order valence-electron chi connectivity index (χ2n) is 9.91. The molecule has 4 rings (SSSR count). The molecule has 1 aromatic rings. The minimum absolute atomic E-state index is 0.215. The Hall–Kier alpha value is -1.66. The van der Waals surface area contributed by atoms with Gasteiger partial charge in [0, 0.05) is 29.6 Å². The second-order valence-corrected chi connectivity index (χ2v) is 11.0. The summed E-state index contributed by atoms with van der Waals surface area (Å²) in [7, 11) is 0. The van der Waals surface area contributed by atoms with Gasteiger partial charge in [-0.1, -0.05) is 25.8 Å². The zero-order chi connectivity index (χ0) is 22.0. The van der Waals surface area contributed by atoms with Gasteiger partial charge in [-0.3, -0.25) is 0 Å². The first-order valence-corrected chi connectivity index (χ1v) is 12.8. The van der Waals surface area contributed by atoms with Crippen LogP contribution in [0.2, 0.25) is 0 Å². The lowest BCUT2D eigenvalue weighted by atomic mass is 9.82. The molecule has 0 unspecified atom stereocenters. The number of allylic oxidation sites excluding steroid dienone is 2. The fourth-order valence-corrected chi connectivity index (χ4v) is 6.54. The van der Waals surface area contributed by atoms with Crippen LogP contribution in [0.5, 0.6) is 0 Å². The number of hydrogen-bond acceptors (Lipinski definition) is 5. The second kappa shape index (κ2) is 9.86. The van der Waals surface area contributed by atoms with Crippen LogP contribution in [0.1, 0.15) is 92.1 Å². The summed E-state index contributed by atoms with van der Waals surface area (Å²) in [6.45, 7) is 3.26. The third kappa shape index (κ3) is 5.40. The van der Waals surface area contributed by atoms with Gasteiger partial charge in [-0.2, -0.15) is 0 Å². The largest absolute Gasteiger partial charge is 0.477 e. The van der Waals surface area contributed by atoms with Gasteiger partial charge in [-0.05, 0) is 74.8 Å². The van der Waals surface area contributed by atoms with Crippen molar-refractivity contribution in [3.8, 4) is 0 Å². The van der Waals surface area contributed by atoms with Gasteiger partial charge in [0.2, 0.25) is 0 Å². The predicted molar refractivity (Wildman–Crippen MR) is 128 cm³/mol. The number of nitrogens with zero attached hydrogens (tertiary/aromatic N) is 1. The van der Waals surface area contributed by atoms with E-state index in [9.17, 15) is 15.0 Å². The van der Waals surface area contributed by atoms with Crippen LogP contribution in [0.25, 0.3) is 5.57 Å². The molecule has 2 saturated carbocycles. The summed E-state index contributed by atoms with van der Waals surface area (Å²) in [4.78, 5) is 16.1. The number of aromatic carboxylic acids is 1. The quantitative estimate of drug-likeness (QED) is 0.505. The van der Waals surface area contributed by atoms with E-state index < -0.39 is 5.97 Å². The highest BCUT2D eigenvalue weighted by Gasteiger charge is 2.32. The molecular formula is C25H36N2O3S. The molecule has 0 spiro atoms. The van der Waals surface area contributed by atoms with Gasteiger partial charge in [0.25, 0.3) is 0 Å². The maximum absolute atomic E-state index is 12.2. The fourth-order valence-electron chi connectivity index (χ4n) is 5.47. The van der Waals surface area contributed by atoms with Crippen LogP contribution in [0, 0.1) is 17.2 Å². The Morgan fingerprint density at radius 1 is 1.13 bits per heavy atom. The summed E-state index contributed by atoms with van der Waals surface area (Å²) in [5.41, 5.74) is 2.84. The lowest BCUT2D eigenvalue weighted by molar-refractivity contribution is 0.0702. The Kier molecular flexibility index (Phi) is 7.17. The van der Waals surface area contributed by atoms with Crippen LogP contribution in [-0.2, 0) is 0 Å². The van der Waals surface area contributed by atoms with Crippen molar-refractivity contribution in [2.75, 3.05) is 11.4 Å². The minimum atomic E-state index is -0.839. The number of hydrogen-bond donors (Lipinski definition) is 3. The average Bonchev–Trinajstić information content (AvgIpc) is 3.20. The van der Waals surface area contributed by atoms with Crippen LogP contribution in [0.4, 0.5) is 5.69 Å². The SMILES string of the molecule is CC1CCC(CN(c2cc(C3=CCC(=N)CC3)sc2C(=O)O)C2CCC(O)CC2)CC1. The van der Waals surface area contributed by atoms with Crippen molar-refractivity contribution in [2.24, 2.45) is 11.8 Å². The minimum Gasteiger partial charge on any atom is -0.477 e. The van der Waals surface area contributed by atoms with Crippen molar-refractivity contribution in [2.45, 2.75) is 89.7 Å². The summed E-state index contributed by atoms with van der Waals surface area (Å²) >= 11 is 1.40. The van der Waals surface area contributed by atoms with Crippen molar-refractivity contribution in [1.29, 1.82) is 5.41 Å². The molecule has 3 aliphatic carbocycles. The number of nitrogens with one attached hydrogen (secondary N) is 1. The Morgan fingerprint density at radius 2 is 1.84 bits per heavy atom. The van der Waals surface area contributed by atoms with E-state index in [1.165, 1.54) is 42.6 Å². The van der Waals surface area contributed by atoms with E-state index in [-0.39, 0.29) is 6.10 Å². The molecular weight excluding hydrogens is 408 g/mol. The van der Waals surface area contributed by atoms with E-state index in [0.29, 0.717) is 23.3 Å². The first kappa shape index (κ1) is 22.5. The first-order valence-electron chi connectivity index (χ1n) is 12.0. The number of aliphatic hydroxyl groups is 1. The number of anilines is 1. The summed E-state index contributed by atoms with van der Waals surface area (Å²) < 4.78 is 0. The van der Waals surface area contributed by atoms with Gasteiger partial charge in [-0.25, -0.2) is 4.79 Å². The number of carbonyl (C=O) groups is 1. The van der Waals surface area contributed by atoms with Crippen molar-refractivity contribution >= 4 is 34.3 Å². The maximum atomic E-state index is 12.2. The topological polar surface area (TPSA) is 84.6 Å². The molecule has 3 aliphatic rings. The van der Waals surface area contributed by atoms with Gasteiger partial charge in [0.1, 0.15) is 4.88 Å². The highest BCUT2D eigenvalue weighted by molar-refractivity contribution is 7.15. The standard InChI is InChI=1S/C25H36N2O3S/c1-16-2-4-17(5-3-16)15-27(20-10-12-21(28)13-11-20)22-14-23(31-24(22)25(29)30)18-6-8-19(26)9-7-18/h6,14,16-17,20-21,26,28H,2-5,7-13,15H2,1H3,(H,29,30). The molecule has 170 valence electrons. The molecule has 0 atom stereocenters. The number of rotatable bonds is 6. The van der Waals surface area contributed by atoms with Crippen molar-refractivity contribution in [3.63, 3.8) is 0 Å². The molecule has 5 nitrogen and oxygen atoms in total. The highest BCUT2D eigenvalue weighted by Crippen LogP contribution is 2.41. The molecule has 6 heteroatoms. The first-order chi connectivity index (χ1) is 14.9. The lowest BCUT2D eigenvalue weighted by Crippen LogP contribution is -2.43. The van der Waals surface area contributed by atoms with E-state index in [0.717, 1.165) is 67.3 Å². The molecule has 0 aliphatic heterocycles. The summed E-state index contributed by atoms with van der Waals surface area (Å²) in [6, 6.07) is 2.42. The fraction of sp³-hybridized carbons (Fsp3) is 0.680. The van der Waals surface area contributed by atoms with Gasteiger partial charge >= 0.3 is 5.97 Å². The molecule has 2 fully saturated rings. The average molecular weight is 445 g/mol. The summed E-state index contributed by atoms with van der Waals surface area (Å²) in [5.74, 6) is 0.574. The smallest absolute Gasteiger partial charge is 0.348 e. The van der Waals surface area contributed by atoms with Crippen LogP contribution in [0.3, 0.4) is 0 Å². The molecule has 0 bridgehead atoms. The normalized spacial score (nSPS) is 29.5. The molecule has 3 N–H and O–H groups in total. The summed E-state index contributed by atoms with van der Waals surface area (Å²) in [5, 5.41) is 27.9. The number of carboxylic acids is 1. The van der Waals surface area contributed by atoms with E-state index in [2.05, 4.69) is 24.0 Å². The number of aliphatic hydroxyl groups excluding tert-OH is 1. The Balaban J connectivity index is 1.64. The molecule has 0 aromatic carbocycles. The van der Waals surface area contributed by atoms with Crippen molar-refractivity contribution in [3.05, 3.63) is 21.9 Å². The Labute approximate surface area is 189 Å². The monoisotopic (exact) mass is 444 g/mol. The van der Waals surface area contributed by atoms with Crippen molar-refractivity contribution < 1.29 is 15.0 Å². The number of carboxylic acid groups (broad SMARTS) is 1. The van der Waals surface area contributed by atoms with Crippen LogP contribution in [0.15, 0.2) is 12.1 Å². The van der Waals surface area contributed by atoms with E-state index in [4.69, 9.17) is 5.41 Å². The molecule has 1 heterocycles. The predicted octanol–water partition coefficient (Wildman–Crippen LogP) is 5.97. The Morgan fingerprint density at radius 3 is 2.45 bits per heavy atom. The molecule has 0 amide bonds. The van der Waals surface area contributed by atoms with Gasteiger partial charge in [0.05, 0.1) is 11.8 Å². The van der Waals surface area contributed by atoms with Crippen LogP contribution >= 0.6 is 11.3 Å². The van der Waals surface area contributed by atoms with E-state index in [1.807, 2.05) is 0 Å². The molecule has 0 radical (unpaired) electrons. The highest BCUT2D eigenvalue weighted by atomic mass is 32.1. The molecule has 1 aromatic heterocycles. The lowest BCUT2D eigenvalue weighted by Gasteiger charge is -2.40. The molecule has 31 heavy (non-hydrogen) atoms. The van der Waals surface area contributed by atoms with Gasteiger partial charge < -0.3 is 20.5 Å². The third-order valence-corrected chi connectivity index (χ3v) is 8.71. The molecule has 0 saturated heterocycles. The van der Waals surface area contributed by atoms with E-state index >= 15 is 0 Å². The van der Waals surface area contributed by atoms with Crippen molar-refractivity contribution in [1.82, 2.24) is 0 Å². The number of thiophene rings is 1. The van der Waals surface area contributed by atoms with Gasteiger partial charge in [-0.15, -0.1) is 11.3 Å². The maximum Gasteiger partial charge on any atom is 0.348 e. The van der Waals surface area contributed by atoms with Crippen LogP contribution in [-0.4, -0.2) is 40.6 Å². The zero-order valence-electron chi connectivity index (χ0n) is 18.6. The third-order valence-electron chi connectivity index (χ3n) is 7.52. The van der Waals surface area contributed by atoms with E-state index in [1.54, 1.807) is 0 Å². The summed E-state index contributed by atoms with van der Waals surface area (Å²) in [6.07, 6.45) is 12.6.